The van der Waals surface area contributed by atoms with Crippen LogP contribution in [0.3, 0.4) is 0 Å². The lowest BCUT2D eigenvalue weighted by Crippen LogP contribution is -2.45. The Labute approximate surface area is 200 Å². The lowest BCUT2D eigenvalue weighted by Gasteiger charge is -2.37. The molecule has 1 amide bonds. The minimum absolute atomic E-state index is 0.0935. The highest BCUT2D eigenvalue weighted by Gasteiger charge is 2.31. The fraction of sp³-hybridized carbons (Fsp3) is 0.333. The molecular weight excluding hydrogens is 455 g/mol. The minimum atomic E-state index is -0.665. The van der Waals surface area contributed by atoms with Gasteiger partial charge in [0, 0.05) is 32.4 Å². The topological polar surface area (TPSA) is 108 Å². The number of pyridine rings is 1. The predicted octanol–water partition coefficient (Wildman–Crippen LogP) is 3.00. The van der Waals surface area contributed by atoms with Gasteiger partial charge in [0.05, 0.1) is 22.6 Å². The Balaban J connectivity index is 1.53. The van der Waals surface area contributed by atoms with Crippen molar-refractivity contribution in [3.05, 3.63) is 63.0 Å². The first-order valence-corrected chi connectivity index (χ1v) is 11.3. The van der Waals surface area contributed by atoms with Gasteiger partial charge in [-0.25, -0.2) is 4.39 Å². The molecule has 0 aliphatic carbocycles. The summed E-state index contributed by atoms with van der Waals surface area (Å²) in [5.41, 5.74) is 6.09. The second-order valence-corrected chi connectivity index (χ2v) is 8.88. The third-order valence-electron chi connectivity index (χ3n) is 6.50. The molecule has 1 atom stereocenters. The van der Waals surface area contributed by atoms with Crippen molar-refractivity contribution in [2.24, 2.45) is 5.18 Å². The Morgan fingerprint density at radius 1 is 1.17 bits per heavy atom. The van der Waals surface area contributed by atoms with Crippen LogP contribution < -0.4 is 25.9 Å². The number of rotatable bonds is 5. The Bertz CT molecular complexity index is 1370. The molecule has 0 spiro atoms. The van der Waals surface area contributed by atoms with E-state index in [9.17, 15) is 14.5 Å². The molecule has 11 heteroatoms. The molecule has 5 rings (SSSR count). The van der Waals surface area contributed by atoms with Crippen molar-refractivity contribution in [2.75, 3.05) is 50.2 Å². The van der Waals surface area contributed by atoms with Crippen molar-refractivity contribution in [3.8, 4) is 5.75 Å². The predicted molar refractivity (Wildman–Crippen MR) is 131 cm³/mol. The first kappa shape index (κ1) is 22.8. The first-order valence-electron chi connectivity index (χ1n) is 11.3. The van der Waals surface area contributed by atoms with Crippen molar-refractivity contribution < 1.29 is 13.9 Å². The number of aromatic nitrogens is 1. The van der Waals surface area contributed by atoms with Crippen LogP contribution in [0.5, 0.6) is 5.75 Å². The monoisotopic (exact) mass is 480 g/mol. The van der Waals surface area contributed by atoms with E-state index in [2.05, 4.69) is 20.9 Å². The molecule has 1 saturated heterocycles. The maximum atomic E-state index is 15.4. The van der Waals surface area contributed by atoms with Gasteiger partial charge >= 0.3 is 0 Å². The quantitative estimate of drug-likeness (QED) is 0.427. The summed E-state index contributed by atoms with van der Waals surface area (Å²) in [5.74, 6) is -0.870. The van der Waals surface area contributed by atoms with Crippen molar-refractivity contribution in [3.63, 3.8) is 0 Å². The number of carbonyl (C=O) groups is 1. The molecule has 2 aliphatic heterocycles. The lowest BCUT2D eigenvalue weighted by atomic mass is 10.0. The first-order chi connectivity index (χ1) is 16.9. The summed E-state index contributed by atoms with van der Waals surface area (Å²) in [6.07, 6.45) is 1.50. The van der Waals surface area contributed by atoms with E-state index in [-0.39, 0.29) is 29.3 Å². The van der Waals surface area contributed by atoms with Crippen molar-refractivity contribution in [2.45, 2.75) is 13.0 Å². The van der Waals surface area contributed by atoms with E-state index in [0.717, 1.165) is 13.1 Å². The van der Waals surface area contributed by atoms with Gasteiger partial charge in [0.2, 0.25) is 5.43 Å². The van der Waals surface area contributed by atoms with Crippen molar-refractivity contribution in [1.82, 2.24) is 14.9 Å². The van der Waals surface area contributed by atoms with Gasteiger partial charge < -0.3 is 19.1 Å². The molecular formula is C24H25FN6O4. The summed E-state index contributed by atoms with van der Waals surface area (Å²) in [6, 6.07) is 7.15. The Morgan fingerprint density at radius 3 is 2.57 bits per heavy atom. The molecule has 35 heavy (non-hydrogen) atoms. The second kappa shape index (κ2) is 8.99. The van der Waals surface area contributed by atoms with Crippen LogP contribution in [-0.4, -0.2) is 55.2 Å². The molecule has 3 heterocycles. The molecule has 1 aromatic heterocycles. The number of anilines is 2. The number of hydrazine groups is 1. The van der Waals surface area contributed by atoms with Crippen LogP contribution in [0.2, 0.25) is 0 Å². The largest absolute Gasteiger partial charge is 0.487 e. The van der Waals surface area contributed by atoms with E-state index in [1.54, 1.807) is 12.1 Å². The number of ether oxygens (including phenoxy) is 1. The lowest BCUT2D eigenvalue weighted by molar-refractivity contribution is 0.0960. The average molecular weight is 481 g/mol. The number of nitrogens with zero attached hydrogens (tertiary/aromatic N) is 4. The number of nitroso groups, excluding NO2 is 1. The number of amides is 1. The van der Waals surface area contributed by atoms with Crippen LogP contribution in [0.25, 0.3) is 10.9 Å². The standard InChI is InChI=1S/C24H25FN6O4/c1-14-13-35-23-20-17(11-19(25)21(23)30-9-7-29(2)8-10-30)22(32)18(12-31(14)20)24(33)27-26-15-3-5-16(28-34)6-4-15/h3-6,11-12,14,26H,7-10,13H2,1-2H3,(H,27,33)/t14-/m0/s1. The van der Waals surface area contributed by atoms with Crippen LogP contribution >= 0.6 is 0 Å². The van der Waals surface area contributed by atoms with E-state index >= 15 is 4.39 Å². The van der Waals surface area contributed by atoms with Gasteiger partial charge in [0.15, 0.2) is 11.6 Å². The molecule has 3 aromatic rings. The smallest absolute Gasteiger partial charge is 0.275 e. The van der Waals surface area contributed by atoms with Gasteiger partial charge in [-0.3, -0.25) is 20.4 Å². The third-order valence-corrected chi connectivity index (χ3v) is 6.50. The van der Waals surface area contributed by atoms with Gasteiger partial charge in [-0.15, -0.1) is 4.91 Å². The van der Waals surface area contributed by atoms with Gasteiger partial charge in [-0.1, -0.05) is 0 Å². The molecule has 0 bridgehead atoms. The van der Waals surface area contributed by atoms with Crippen LogP contribution in [0.15, 0.2) is 46.5 Å². The highest BCUT2D eigenvalue weighted by atomic mass is 19.1. The number of halogens is 1. The van der Waals surface area contributed by atoms with Crippen LogP contribution in [0.4, 0.5) is 21.5 Å². The zero-order chi connectivity index (χ0) is 24.7. The van der Waals surface area contributed by atoms with Crippen LogP contribution in [0.1, 0.15) is 23.3 Å². The number of piperazine rings is 1. The Morgan fingerprint density at radius 2 is 1.89 bits per heavy atom. The zero-order valence-corrected chi connectivity index (χ0v) is 19.4. The molecule has 182 valence electrons. The maximum Gasteiger partial charge on any atom is 0.275 e. The van der Waals surface area contributed by atoms with Crippen LogP contribution in [-0.2, 0) is 0 Å². The summed E-state index contributed by atoms with van der Waals surface area (Å²) in [7, 11) is 2.02. The van der Waals surface area contributed by atoms with Crippen molar-refractivity contribution >= 4 is 33.9 Å². The number of carbonyl (C=O) groups excluding carboxylic acids is 1. The van der Waals surface area contributed by atoms with E-state index in [1.807, 2.05) is 23.4 Å². The SMILES string of the molecule is C[C@H]1COc2c(N3CCN(C)CC3)c(F)cc3c(=O)c(C(=O)NNc4ccc(N=O)cc4)cn1c23. The second-order valence-electron chi connectivity index (χ2n) is 8.88. The van der Waals surface area contributed by atoms with Gasteiger partial charge in [0.25, 0.3) is 5.91 Å². The van der Waals surface area contributed by atoms with Gasteiger partial charge in [-0.2, -0.15) is 0 Å². The molecule has 10 nitrogen and oxygen atoms in total. The number of hydrogen-bond acceptors (Lipinski definition) is 8. The minimum Gasteiger partial charge on any atom is -0.487 e. The fourth-order valence-corrected chi connectivity index (χ4v) is 4.50. The summed E-state index contributed by atoms with van der Waals surface area (Å²) >= 11 is 0. The van der Waals surface area contributed by atoms with Crippen molar-refractivity contribution in [1.29, 1.82) is 0 Å². The normalized spacial score (nSPS) is 17.7. The maximum absolute atomic E-state index is 15.4. The molecule has 0 unspecified atom stereocenters. The molecule has 0 radical (unpaired) electrons. The molecule has 2 aliphatic rings. The number of likely N-dealkylation sites (N-methyl/N-ethyl adjacent to an activating group) is 1. The average Bonchev–Trinajstić information content (AvgIpc) is 2.87. The summed E-state index contributed by atoms with van der Waals surface area (Å²) < 4.78 is 23.2. The van der Waals surface area contributed by atoms with E-state index in [1.165, 1.54) is 24.4 Å². The molecule has 0 saturated carbocycles. The number of nitrogens with one attached hydrogen (secondary N) is 2. The third kappa shape index (κ3) is 4.08. The van der Waals surface area contributed by atoms with E-state index < -0.39 is 17.2 Å². The molecule has 2 N–H and O–H groups in total. The Hall–Kier alpha value is -3.99. The van der Waals surface area contributed by atoms with E-state index in [0.29, 0.717) is 35.7 Å². The van der Waals surface area contributed by atoms with Crippen LogP contribution in [0, 0.1) is 10.7 Å². The highest BCUT2D eigenvalue weighted by Crippen LogP contribution is 2.42. The molecule has 1 fully saturated rings. The van der Waals surface area contributed by atoms with Gasteiger partial charge in [-0.05, 0) is 49.5 Å². The summed E-state index contributed by atoms with van der Waals surface area (Å²) in [5, 5.41) is 2.92. The Kier molecular flexibility index (Phi) is 5.85. The summed E-state index contributed by atoms with van der Waals surface area (Å²) in [4.78, 5) is 40.9. The zero-order valence-electron chi connectivity index (χ0n) is 19.4. The highest BCUT2D eigenvalue weighted by molar-refractivity contribution is 6.00. The van der Waals surface area contributed by atoms with E-state index in [4.69, 9.17) is 4.74 Å². The number of benzene rings is 2. The molecule has 2 aromatic carbocycles. The number of hydrogen-bond donors (Lipinski definition) is 2. The fourth-order valence-electron chi connectivity index (χ4n) is 4.50. The van der Waals surface area contributed by atoms with Gasteiger partial charge in [0.1, 0.15) is 23.5 Å². The summed E-state index contributed by atoms with van der Waals surface area (Å²) in [6.45, 7) is 5.07.